The Labute approximate surface area is 102 Å². The summed E-state index contributed by atoms with van der Waals surface area (Å²) in [7, 11) is 0. The highest BCUT2D eigenvalue weighted by Gasteiger charge is 2.08. The van der Waals surface area contributed by atoms with Crippen molar-refractivity contribution in [2.75, 3.05) is 13.2 Å². The van der Waals surface area contributed by atoms with E-state index < -0.39 is 6.09 Å². The zero-order valence-corrected chi connectivity index (χ0v) is 10.2. The third kappa shape index (κ3) is 5.36. The smallest absolute Gasteiger partial charge is 0.404 e. The third-order valence-electron chi connectivity index (χ3n) is 2.52. The quantitative estimate of drug-likeness (QED) is 0.713. The molecule has 0 radical (unpaired) electrons. The first-order valence-electron chi connectivity index (χ1n) is 5.94. The van der Waals surface area contributed by atoms with Crippen LogP contribution in [0.1, 0.15) is 31.4 Å². The van der Waals surface area contributed by atoms with Gasteiger partial charge in [-0.15, -0.1) is 0 Å². The number of nitrogens with two attached hydrogens (primary N) is 1. The van der Waals surface area contributed by atoms with Crippen molar-refractivity contribution in [3.05, 3.63) is 35.9 Å². The minimum Gasteiger partial charge on any atom is -0.448 e. The number of carbonyl (C=O) groups is 1. The molecule has 0 aliphatic rings. The van der Waals surface area contributed by atoms with Gasteiger partial charge in [0.2, 0.25) is 0 Å². The summed E-state index contributed by atoms with van der Waals surface area (Å²) in [5, 5.41) is 3.36. The van der Waals surface area contributed by atoms with E-state index in [0.717, 1.165) is 12.8 Å². The molecule has 4 heteroatoms. The largest absolute Gasteiger partial charge is 0.448 e. The molecule has 0 aliphatic carbocycles. The molecule has 3 N–H and O–H groups in total. The second-order valence-electron chi connectivity index (χ2n) is 3.87. The SMILES string of the molecule is CCCC(NCCOC(N)=O)c1ccccc1. The van der Waals surface area contributed by atoms with Gasteiger partial charge in [-0.25, -0.2) is 4.79 Å². The van der Waals surface area contributed by atoms with Crippen LogP contribution in [-0.2, 0) is 4.74 Å². The maximum atomic E-state index is 10.4. The van der Waals surface area contributed by atoms with Gasteiger partial charge in [-0.1, -0.05) is 43.7 Å². The van der Waals surface area contributed by atoms with Gasteiger partial charge in [-0.2, -0.15) is 0 Å². The summed E-state index contributed by atoms with van der Waals surface area (Å²) in [5.41, 5.74) is 6.15. The Balaban J connectivity index is 2.41. The van der Waals surface area contributed by atoms with Gasteiger partial charge in [0, 0.05) is 12.6 Å². The first kappa shape index (κ1) is 13.5. The number of rotatable bonds is 7. The molecule has 1 amide bonds. The van der Waals surface area contributed by atoms with Gasteiger partial charge in [0.25, 0.3) is 0 Å². The lowest BCUT2D eigenvalue weighted by Gasteiger charge is -2.18. The number of carbonyl (C=O) groups excluding carboxylic acids is 1. The van der Waals surface area contributed by atoms with E-state index in [1.54, 1.807) is 0 Å². The molecular formula is C13H20N2O2. The highest BCUT2D eigenvalue weighted by molar-refractivity contribution is 5.64. The minimum absolute atomic E-state index is 0.303. The van der Waals surface area contributed by atoms with Crippen molar-refractivity contribution < 1.29 is 9.53 Å². The summed E-state index contributed by atoms with van der Waals surface area (Å²) in [4.78, 5) is 10.4. The maximum Gasteiger partial charge on any atom is 0.404 e. The summed E-state index contributed by atoms with van der Waals surface area (Å²) < 4.78 is 4.68. The van der Waals surface area contributed by atoms with E-state index in [9.17, 15) is 4.79 Å². The van der Waals surface area contributed by atoms with Crippen LogP contribution in [0.25, 0.3) is 0 Å². The van der Waals surface area contributed by atoms with Gasteiger partial charge in [0.15, 0.2) is 0 Å². The van der Waals surface area contributed by atoms with Crippen molar-refractivity contribution in [3.8, 4) is 0 Å². The van der Waals surface area contributed by atoms with Crippen molar-refractivity contribution in [3.63, 3.8) is 0 Å². The van der Waals surface area contributed by atoms with Gasteiger partial charge >= 0.3 is 6.09 Å². The average molecular weight is 236 g/mol. The molecule has 0 saturated heterocycles. The fourth-order valence-corrected chi connectivity index (χ4v) is 1.75. The Kier molecular flexibility index (Phi) is 6.10. The van der Waals surface area contributed by atoms with Crippen molar-refractivity contribution >= 4 is 6.09 Å². The van der Waals surface area contributed by atoms with E-state index in [0.29, 0.717) is 19.2 Å². The fraction of sp³-hybridized carbons (Fsp3) is 0.462. The van der Waals surface area contributed by atoms with E-state index in [1.807, 2.05) is 18.2 Å². The molecule has 0 heterocycles. The number of hydrogen-bond donors (Lipinski definition) is 2. The van der Waals surface area contributed by atoms with Crippen LogP contribution in [0.3, 0.4) is 0 Å². The lowest BCUT2D eigenvalue weighted by Crippen LogP contribution is -2.27. The zero-order chi connectivity index (χ0) is 12.5. The molecule has 17 heavy (non-hydrogen) atoms. The predicted octanol–water partition coefficient (Wildman–Crippen LogP) is 2.21. The second-order valence-corrected chi connectivity index (χ2v) is 3.87. The average Bonchev–Trinajstić information content (AvgIpc) is 2.34. The summed E-state index contributed by atoms with van der Waals surface area (Å²) >= 11 is 0. The van der Waals surface area contributed by atoms with Crippen LogP contribution in [0.2, 0.25) is 0 Å². The lowest BCUT2D eigenvalue weighted by atomic mass is 10.0. The van der Waals surface area contributed by atoms with Crippen LogP contribution in [0.4, 0.5) is 4.79 Å². The number of hydrogen-bond acceptors (Lipinski definition) is 3. The Morgan fingerprint density at radius 3 is 2.71 bits per heavy atom. The topological polar surface area (TPSA) is 64.3 Å². The van der Waals surface area contributed by atoms with Gasteiger partial charge in [0.05, 0.1) is 0 Å². The van der Waals surface area contributed by atoms with E-state index in [1.165, 1.54) is 5.56 Å². The summed E-state index contributed by atoms with van der Waals surface area (Å²) in [6.45, 7) is 3.07. The van der Waals surface area contributed by atoms with Gasteiger partial charge in [-0.3, -0.25) is 0 Å². The standard InChI is InChI=1S/C13H20N2O2/c1-2-6-12(11-7-4-3-5-8-11)15-9-10-17-13(14)16/h3-5,7-8,12,15H,2,6,9-10H2,1H3,(H2,14,16). The van der Waals surface area contributed by atoms with Crippen molar-refractivity contribution in [1.29, 1.82) is 0 Å². The van der Waals surface area contributed by atoms with Crippen molar-refractivity contribution in [1.82, 2.24) is 5.32 Å². The van der Waals surface area contributed by atoms with Crippen LogP contribution in [0, 0.1) is 0 Å². The predicted molar refractivity (Wildman–Crippen MR) is 67.6 cm³/mol. The number of nitrogens with one attached hydrogen (secondary N) is 1. The fourth-order valence-electron chi connectivity index (χ4n) is 1.75. The monoisotopic (exact) mass is 236 g/mol. The van der Waals surface area contributed by atoms with Crippen molar-refractivity contribution in [2.24, 2.45) is 5.73 Å². The molecule has 1 unspecified atom stereocenters. The maximum absolute atomic E-state index is 10.4. The molecule has 1 atom stereocenters. The molecule has 1 aromatic carbocycles. The normalized spacial score (nSPS) is 12.1. The van der Waals surface area contributed by atoms with Crippen LogP contribution < -0.4 is 11.1 Å². The molecule has 94 valence electrons. The highest BCUT2D eigenvalue weighted by Crippen LogP contribution is 2.17. The molecule has 0 bridgehead atoms. The van der Waals surface area contributed by atoms with Crippen LogP contribution >= 0.6 is 0 Å². The number of primary amides is 1. The molecule has 0 aromatic heterocycles. The number of ether oxygens (including phenoxy) is 1. The summed E-state index contributed by atoms with van der Waals surface area (Å²) in [5.74, 6) is 0. The number of benzene rings is 1. The van der Waals surface area contributed by atoms with Gasteiger partial charge in [-0.05, 0) is 12.0 Å². The Bertz CT molecular complexity index is 327. The Morgan fingerprint density at radius 2 is 2.12 bits per heavy atom. The van der Waals surface area contributed by atoms with Gasteiger partial charge < -0.3 is 15.8 Å². The van der Waals surface area contributed by atoms with Crippen LogP contribution in [-0.4, -0.2) is 19.2 Å². The first-order valence-corrected chi connectivity index (χ1v) is 5.94. The Morgan fingerprint density at radius 1 is 1.41 bits per heavy atom. The molecule has 0 fully saturated rings. The van der Waals surface area contributed by atoms with E-state index in [2.05, 4.69) is 29.1 Å². The molecule has 0 aliphatic heterocycles. The van der Waals surface area contributed by atoms with E-state index >= 15 is 0 Å². The molecule has 1 rings (SSSR count). The number of amides is 1. The van der Waals surface area contributed by atoms with E-state index in [4.69, 9.17) is 5.73 Å². The zero-order valence-electron chi connectivity index (χ0n) is 10.2. The van der Waals surface area contributed by atoms with E-state index in [-0.39, 0.29) is 0 Å². The van der Waals surface area contributed by atoms with Crippen LogP contribution in [0.15, 0.2) is 30.3 Å². The van der Waals surface area contributed by atoms with Crippen molar-refractivity contribution in [2.45, 2.75) is 25.8 Å². The molecule has 4 nitrogen and oxygen atoms in total. The van der Waals surface area contributed by atoms with Gasteiger partial charge in [0.1, 0.15) is 6.61 Å². The summed E-state index contributed by atoms with van der Waals surface area (Å²) in [6, 6.07) is 10.6. The summed E-state index contributed by atoms with van der Waals surface area (Å²) in [6.07, 6.45) is 1.43. The molecule has 0 spiro atoms. The molecular weight excluding hydrogens is 216 g/mol. The molecule has 0 saturated carbocycles. The minimum atomic E-state index is -0.724. The lowest BCUT2D eigenvalue weighted by molar-refractivity contribution is 0.156. The first-order chi connectivity index (χ1) is 8.24. The Hall–Kier alpha value is -1.55. The molecule has 1 aromatic rings. The van der Waals surface area contributed by atoms with Crippen LogP contribution in [0.5, 0.6) is 0 Å². The second kappa shape index (κ2) is 7.68. The third-order valence-corrected chi connectivity index (χ3v) is 2.52. The highest BCUT2D eigenvalue weighted by atomic mass is 16.5.